The lowest BCUT2D eigenvalue weighted by Gasteiger charge is -2.21. The number of hydrogen-bond acceptors (Lipinski definition) is 2. The van der Waals surface area contributed by atoms with Crippen molar-refractivity contribution in [3.05, 3.63) is 12.2 Å². The van der Waals surface area contributed by atoms with Crippen molar-refractivity contribution in [1.29, 1.82) is 0 Å². The molecule has 0 spiro atoms. The number of carbonyl (C=O) groups is 1. The molecular weight excluding hydrogens is 164 g/mol. The van der Waals surface area contributed by atoms with Gasteiger partial charge in [-0.2, -0.15) is 0 Å². The molecule has 0 aromatic rings. The van der Waals surface area contributed by atoms with E-state index in [1.54, 1.807) is 6.92 Å². The third kappa shape index (κ3) is 4.11. The lowest BCUT2D eigenvalue weighted by molar-refractivity contribution is -0.145. The zero-order valence-corrected chi connectivity index (χ0v) is 7.64. The van der Waals surface area contributed by atoms with Crippen molar-refractivity contribution in [3.8, 4) is 0 Å². The second-order valence-corrected chi connectivity index (χ2v) is 3.45. The van der Waals surface area contributed by atoms with Crippen molar-refractivity contribution in [2.24, 2.45) is 0 Å². The van der Waals surface area contributed by atoms with Gasteiger partial charge in [0.1, 0.15) is 6.10 Å². The second-order valence-electron chi connectivity index (χ2n) is 3.45. The molecule has 0 N–H and O–H groups in total. The van der Waals surface area contributed by atoms with Crippen LogP contribution in [0.5, 0.6) is 0 Å². The van der Waals surface area contributed by atoms with Gasteiger partial charge in [-0.1, -0.05) is 20.4 Å². The van der Waals surface area contributed by atoms with Crippen LogP contribution in [0.3, 0.4) is 0 Å². The fourth-order valence-corrected chi connectivity index (χ4v) is 1.43. The van der Waals surface area contributed by atoms with Gasteiger partial charge in [-0.05, 0) is 32.6 Å². The van der Waals surface area contributed by atoms with Crippen LogP contribution in [0.1, 0.15) is 46.5 Å². The van der Waals surface area contributed by atoms with E-state index >= 15 is 0 Å². The quantitative estimate of drug-likeness (QED) is 0.487. The van der Waals surface area contributed by atoms with E-state index in [9.17, 15) is 4.79 Å². The minimum absolute atomic E-state index is 0. The van der Waals surface area contributed by atoms with Crippen LogP contribution in [0.25, 0.3) is 0 Å². The van der Waals surface area contributed by atoms with Crippen LogP contribution in [-0.2, 0) is 9.53 Å². The molecule has 0 bridgehead atoms. The summed E-state index contributed by atoms with van der Waals surface area (Å²) in [6, 6.07) is 0. The molecule has 13 heavy (non-hydrogen) atoms. The minimum Gasteiger partial charge on any atom is -0.459 e. The van der Waals surface area contributed by atoms with E-state index < -0.39 is 0 Å². The Kier molecular flexibility index (Phi) is 5.44. The van der Waals surface area contributed by atoms with Gasteiger partial charge in [0.25, 0.3) is 0 Å². The van der Waals surface area contributed by atoms with E-state index in [4.69, 9.17) is 4.74 Å². The van der Waals surface area contributed by atoms with Crippen LogP contribution in [0.2, 0.25) is 0 Å². The summed E-state index contributed by atoms with van der Waals surface area (Å²) < 4.78 is 5.21. The van der Waals surface area contributed by atoms with Gasteiger partial charge in [-0.15, -0.1) is 0 Å². The number of carbonyl (C=O) groups excluding carboxylic acids is 1. The molecule has 0 atom stereocenters. The van der Waals surface area contributed by atoms with Crippen molar-refractivity contribution in [2.45, 2.75) is 52.6 Å². The van der Waals surface area contributed by atoms with Crippen molar-refractivity contribution in [3.63, 3.8) is 0 Å². The summed E-state index contributed by atoms with van der Waals surface area (Å²) in [5.74, 6) is -0.234. The Balaban J connectivity index is 0.00000144. The van der Waals surface area contributed by atoms with Crippen molar-refractivity contribution in [1.82, 2.24) is 0 Å². The topological polar surface area (TPSA) is 26.3 Å². The third-order valence-corrected chi connectivity index (χ3v) is 2.17. The zero-order chi connectivity index (χ0) is 8.97. The molecule has 2 nitrogen and oxygen atoms in total. The lowest BCUT2D eigenvalue weighted by atomic mass is 9.98. The fraction of sp³-hybridized carbons (Fsp3) is 0.727. The Hall–Kier alpha value is -0.790. The van der Waals surface area contributed by atoms with Crippen molar-refractivity contribution < 1.29 is 9.53 Å². The predicted octanol–water partition coefficient (Wildman–Crippen LogP) is 3.07. The highest BCUT2D eigenvalue weighted by Gasteiger charge is 2.17. The van der Waals surface area contributed by atoms with Gasteiger partial charge in [0.2, 0.25) is 0 Å². The van der Waals surface area contributed by atoms with Crippen LogP contribution in [0, 0.1) is 0 Å². The largest absolute Gasteiger partial charge is 0.459 e. The maximum Gasteiger partial charge on any atom is 0.333 e. The third-order valence-electron chi connectivity index (χ3n) is 2.17. The molecule has 1 fully saturated rings. The van der Waals surface area contributed by atoms with E-state index in [-0.39, 0.29) is 19.5 Å². The van der Waals surface area contributed by atoms with Crippen LogP contribution < -0.4 is 0 Å². The van der Waals surface area contributed by atoms with Gasteiger partial charge in [0, 0.05) is 5.57 Å². The highest BCUT2D eigenvalue weighted by atomic mass is 16.5. The lowest BCUT2D eigenvalue weighted by Crippen LogP contribution is -2.20. The Morgan fingerprint density at radius 1 is 1.31 bits per heavy atom. The van der Waals surface area contributed by atoms with E-state index in [1.165, 1.54) is 19.3 Å². The van der Waals surface area contributed by atoms with Crippen LogP contribution >= 0.6 is 0 Å². The summed E-state index contributed by atoms with van der Waals surface area (Å²) >= 11 is 0. The molecule has 1 rings (SSSR count). The molecule has 1 aliphatic carbocycles. The SMILES string of the molecule is C.C=C(C)C(=O)OC1CCCCC1. The molecule has 0 aliphatic heterocycles. The Bertz CT molecular complexity index is 179. The molecule has 0 aromatic carbocycles. The van der Waals surface area contributed by atoms with Gasteiger partial charge in [-0.25, -0.2) is 4.79 Å². The maximum atomic E-state index is 11.1. The smallest absolute Gasteiger partial charge is 0.333 e. The van der Waals surface area contributed by atoms with Gasteiger partial charge in [-0.3, -0.25) is 0 Å². The molecule has 76 valence electrons. The number of ether oxygens (including phenoxy) is 1. The summed E-state index contributed by atoms with van der Waals surface area (Å²) in [6.45, 7) is 5.23. The summed E-state index contributed by atoms with van der Waals surface area (Å²) in [4.78, 5) is 11.1. The Morgan fingerprint density at radius 2 is 1.85 bits per heavy atom. The molecule has 0 amide bonds. The second kappa shape index (κ2) is 5.79. The van der Waals surface area contributed by atoms with Gasteiger partial charge >= 0.3 is 5.97 Å². The highest BCUT2D eigenvalue weighted by Crippen LogP contribution is 2.20. The molecule has 0 unspecified atom stereocenters. The molecule has 1 saturated carbocycles. The Labute approximate surface area is 81.0 Å². The van der Waals surface area contributed by atoms with Gasteiger partial charge in [0.15, 0.2) is 0 Å². The number of esters is 1. The molecule has 0 saturated heterocycles. The van der Waals surface area contributed by atoms with E-state index in [0.717, 1.165) is 12.8 Å². The predicted molar refractivity (Wildman–Crippen MR) is 54.5 cm³/mol. The zero-order valence-electron chi connectivity index (χ0n) is 7.64. The summed E-state index contributed by atoms with van der Waals surface area (Å²) in [5.41, 5.74) is 0.501. The normalized spacial score (nSPS) is 17.3. The van der Waals surface area contributed by atoms with E-state index in [0.29, 0.717) is 5.57 Å². The van der Waals surface area contributed by atoms with E-state index in [2.05, 4.69) is 6.58 Å². The molecule has 0 heterocycles. The number of hydrogen-bond donors (Lipinski definition) is 0. The molecule has 2 heteroatoms. The first-order chi connectivity index (χ1) is 5.70. The van der Waals surface area contributed by atoms with Crippen LogP contribution in [0.15, 0.2) is 12.2 Å². The number of rotatable bonds is 2. The van der Waals surface area contributed by atoms with E-state index in [1.807, 2.05) is 0 Å². The summed E-state index contributed by atoms with van der Waals surface area (Å²) in [7, 11) is 0. The first-order valence-corrected chi connectivity index (χ1v) is 4.56. The molecule has 0 radical (unpaired) electrons. The maximum absolute atomic E-state index is 11.1. The fourth-order valence-electron chi connectivity index (χ4n) is 1.43. The Morgan fingerprint density at radius 3 is 2.31 bits per heavy atom. The van der Waals surface area contributed by atoms with Crippen LogP contribution in [0.4, 0.5) is 0 Å². The molecule has 1 aliphatic rings. The van der Waals surface area contributed by atoms with Gasteiger partial charge in [0.05, 0.1) is 0 Å². The monoisotopic (exact) mass is 184 g/mol. The first-order valence-electron chi connectivity index (χ1n) is 4.56. The summed E-state index contributed by atoms with van der Waals surface area (Å²) in [6.07, 6.45) is 5.87. The average molecular weight is 184 g/mol. The van der Waals surface area contributed by atoms with Crippen molar-refractivity contribution >= 4 is 5.97 Å². The van der Waals surface area contributed by atoms with Crippen molar-refractivity contribution in [2.75, 3.05) is 0 Å². The minimum atomic E-state index is -0.234. The van der Waals surface area contributed by atoms with Gasteiger partial charge < -0.3 is 4.74 Å². The molecular formula is C11H20O2. The first kappa shape index (κ1) is 12.2. The molecule has 0 aromatic heterocycles. The average Bonchev–Trinajstić information content (AvgIpc) is 2.06. The standard InChI is InChI=1S/C10H16O2.CH4/c1-8(2)10(11)12-9-6-4-3-5-7-9;/h9H,1,3-7H2,2H3;1H4. The highest BCUT2D eigenvalue weighted by molar-refractivity contribution is 5.87. The van der Waals surface area contributed by atoms with Crippen LogP contribution in [-0.4, -0.2) is 12.1 Å². The summed E-state index contributed by atoms with van der Waals surface area (Å²) in [5, 5.41) is 0.